The largest absolute Gasteiger partial charge is 0.370 e. The van der Waals surface area contributed by atoms with Crippen molar-refractivity contribution in [3.05, 3.63) is 12.2 Å². The van der Waals surface area contributed by atoms with Crippen molar-refractivity contribution in [2.24, 2.45) is 0 Å². The third-order valence-corrected chi connectivity index (χ3v) is 3.10. The van der Waals surface area contributed by atoms with Crippen molar-refractivity contribution < 1.29 is 14.3 Å². The van der Waals surface area contributed by atoms with Crippen LogP contribution in [0.4, 0.5) is 0 Å². The van der Waals surface area contributed by atoms with Crippen molar-refractivity contribution in [1.82, 2.24) is 4.90 Å². The summed E-state index contributed by atoms with van der Waals surface area (Å²) >= 11 is 0. The van der Waals surface area contributed by atoms with Crippen LogP contribution in [0, 0.1) is 0 Å². The summed E-state index contributed by atoms with van der Waals surface area (Å²) in [7, 11) is 0. The molecular formula is C13H19NO3. The highest BCUT2D eigenvalue weighted by Gasteiger charge is 2.40. The Balaban J connectivity index is 2.10. The van der Waals surface area contributed by atoms with E-state index in [2.05, 4.69) is 0 Å². The third kappa shape index (κ3) is 2.57. The van der Waals surface area contributed by atoms with Gasteiger partial charge >= 0.3 is 0 Å². The number of ether oxygens (including phenoxy) is 1. The van der Waals surface area contributed by atoms with E-state index in [0.29, 0.717) is 0 Å². The van der Waals surface area contributed by atoms with Gasteiger partial charge in [-0.1, -0.05) is 0 Å². The molecule has 2 amide bonds. The maximum atomic E-state index is 11.6. The molecule has 1 aliphatic heterocycles. The van der Waals surface area contributed by atoms with E-state index < -0.39 is 0 Å². The van der Waals surface area contributed by atoms with Gasteiger partial charge in [0, 0.05) is 12.2 Å². The summed E-state index contributed by atoms with van der Waals surface area (Å²) in [6, 6.07) is -0.0933. The summed E-state index contributed by atoms with van der Waals surface area (Å²) in [5, 5.41) is 0. The molecule has 0 aromatic carbocycles. The van der Waals surface area contributed by atoms with Crippen molar-refractivity contribution in [3.63, 3.8) is 0 Å². The second kappa shape index (κ2) is 4.26. The van der Waals surface area contributed by atoms with E-state index in [1.807, 2.05) is 20.8 Å². The van der Waals surface area contributed by atoms with E-state index in [1.54, 1.807) is 0 Å². The van der Waals surface area contributed by atoms with Crippen molar-refractivity contribution in [1.29, 1.82) is 0 Å². The lowest BCUT2D eigenvalue weighted by molar-refractivity contribution is -0.146. The van der Waals surface area contributed by atoms with Gasteiger partial charge in [-0.15, -0.1) is 0 Å². The molecule has 17 heavy (non-hydrogen) atoms. The smallest absolute Gasteiger partial charge is 0.253 e. The number of imide groups is 1. The van der Waals surface area contributed by atoms with Crippen LogP contribution in [-0.4, -0.2) is 34.5 Å². The molecule has 0 saturated heterocycles. The van der Waals surface area contributed by atoms with Crippen molar-refractivity contribution >= 4 is 11.8 Å². The number of rotatable bonds is 2. The van der Waals surface area contributed by atoms with Crippen LogP contribution in [0.1, 0.15) is 40.0 Å². The minimum atomic E-state index is -0.244. The number of hydrogen-bond donors (Lipinski definition) is 0. The molecule has 1 saturated carbocycles. The number of amides is 2. The van der Waals surface area contributed by atoms with Crippen LogP contribution in [0.15, 0.2) is 12.2 Å². The van der Waals surface area contributed by atoms with Gasteiger partial charge < -0.3 is 4.74 Å². The van der Waals surface area contributed by atoms with Crippen molar-refractivity contribution in [2.75, 3.05) is 0 Å². The third-order valence-electron chi connectivity index (χ3n) is 3.10. The predicted octanol–water partition coefficient (Wildman–Crippen LogP) is 1.65. The predicted molar refractivity (Wildman–Crippen MR) is 63.3 cm³/mol. The summed E-state index contributed by atoms with van der Waals surface area (Å²) in [4.78, 5) is 24.6. The van der Waals surface area contributed by atoms with Gasteiger partial charge in [-0.05, 0) is 40.0 Å². The van der Waals surface area contributed by atoms with Crippen LogP contribution in [0.5, 0.6) is 0 Å². The van der Waals surface area contributed by atoms with E-state index in [-0.39, 0.29) is 29.6 Å². The molecule has 0 N–H and O–H groups in total. The average molecular weight is 237 g/mol. The van der Waals surface area contributed by atoms with Crippen LogP contribution >= 0.6 is 0 Å². The van der Waals surface area contributed by atoms with Gasteiger partial charge in [-0.2, -0.15) is 0 Å². The molecule has 0 radical (unpaired) electrons. The van der Waals surface area contributed by atoms with Gasteiger partial charge in [0.2, 0.25) is 0 Å². The molecule has 0 aromatic heterocycles. The van der Waals surface area contributed by atoms with Crippen LogP contribution < -0.4 is 0 Å². The van der Waals surface area contributed by atoms with Crippen LogP contribution in [0.25, 0.3) is 0 Å². The standard InChI is InChI=1S/C13H19NO3/c1-13(2,3)17-10-6-4-5-9(10)14-11(15)7-8-12(14)16/h7-10H,4-6H2,1-3H3/t9-,10-/m0/s1. The first-order valence-corrected chi connectivity index (χ1v) is 6.11. The fourth-order valence-electron chi connectivity index (χ4n) is 2.53. The summed E-state index contributed by atoms with van der Waals surface area (Å²) in [6.45, 7) is 5.98. The van der Waals surface area contributed by atoms with Gasteiger partial charge in [0.25, 0.3) is 11.8 Å². The maximum Gasteiger partial charge on any atom is 0.253 e. The summed E-state index contributed by atoms with van der Waals surface area (Å²) in [6.07, 6.45) is 5.42. The van der Waals surface area contributed by atoms with Crippen LogP contribution in [-0.2, 0) is 14.3 Å². The molecule has 1 aliphatic carbocycles. The monoisotopic (exact) mass is 237 g/mol. The Morgan fingerprint density at radius 1 is 1.18 bits per heavy atom. The Morgan fingerprint density at radius 3 is 2.29 bits per heavy atom. The van der Waals surface area contributed by atoms with Crippen molar-refractivity contribution in [3.8, 4) is 0 Å². The molecule has 2 atom stereocenters. The quantitative estimate of drug-likeness (QED) is 0.686. The van der Waals surface area contributed by atoms with E-state index in [1.165, 1.54) is 17.1 Å². The zero-order chi connectivity index (χ0) is 12.6. The molecule has 0 bridgehead atoms. The number of carbonyl (C=O) groups is 2. The molecule has 4 heteroatoms. The first kappa shape index (κ1) is 12.3. The SMILES string of the molecule is CC(C)(C)O[C@H]1CCC[C@@H]1N1C(=O)C=CC1=O. The van der Waals surface area contributed by atoms with E-state index in [4.69, 9.17) is 4.74 Å². The highest BCUT2D eigenvalue weighted by molar-refractivity contribution is 6.13. The zero-order valence-corrected chi connectivity index (χ0v) is 10.6. The molecule has 0 spiro atoms. The highest BCUT2D eigenvalue weighted by atomic mass is 16.5. The van der Waals surface area contributed by atoms with Crippen LogP contribution in [0.3, 0.4) is 0 Å². The summed E-state index contributed by atoms with van der Waals surface area (Å²) in [5.74, 6) is -0.409. The molecule has 1 fully saturated rings. The lowest BCUT2D eigenvalue weighted by Crippen LogP contribution is -2.47. The number of nitrogens with zero attached hydrogens (tertiary/aromatic N) is 1. The zero-order valence-electron chi connectivity index (χ0n) is 10.6. The first-order chi connectivity index (χ1) is 7.88. The van der Waals surface area contributed by atoms with Gasteiger partial charge in [0.05, 0.1) is 17.7 Å². The normalized spacial score (nSPS) is 29.5. The molecule has 1 heterocycles. The van der Waals surface area contributed by atoms with Gasteiger partial charge in [-0.3, -0.25) is 14.5 Å². The number of hydrogen-bond acceptors (Lipinski definition) is 3. The maximum absolute atomic E-state index is 11.6. The number of carbonyl (C=O) groups excluding carboxylic acids is 2. The van der Waals surface area contributed by atoms with E-state index in [0.717, 1.165) is 19.3 Å². The van der Waals surface area contributed by atoms with Crippen LogP contribution in [0.2, 0.25) is 0 Å². The topological polar surface area (TPSA) is 46.6 Å². The Morgan fingerprint density at radius 2 is 1.76 bits per heavy atom. The van der Waals surface area contributed by atoms with E-state index in [9.17, 15) is 9.59 Å². The lowest BCUT2D eigenvalue weighted by Gasteiger charge is -2.32. The van der Waals surface area contributed by atoms with Gasteiger partial charge in [-0.25, -0.2) is 0 Å². The molecular weight excluding hydrogens is 218 g/mol. The Labute approximate surface area is 102 Å². The van der Waals surface area contributed by atoms with Gasteiger partial charge in [0.15, 0.2) is 0 Å². The Kier molecular flexibility index (Phi) is 3.08. The fourth-order valence-corrected chi connectivity index (χ4v) is 2.53. The average Bonchev–Trinajstić information content (AvgIpc) is 2.72. The highest BCUT2D eigenvalue weighted by Crippen LogP contribution is 2.31. The fraction of sp³-hybridized carbons (Fsp3) is 0.692. The molecule has 2 rings (SSSR count). The summed E-state index contributed by atoms with van der Waals surface area (Å²) < 4.78 is 5.95. The first-order valence-electron chi connectivity index (χ1n) is 6.11. The van der Waals surface area contributed by atoms with E-state index >= 15 is 0 Å². The Bertz CT molecular complexity index is 349. The van der Waals surface area contributed by atoms with Gasteiger partial charge in [0.1, 0.15) is 0 Å². The molecule has 0 aromatic rings. The molecule has 0 unspecified atom stereocenters. The minimum Gasteiger partial charge on any atom is -0.370 e. The minimum absolute atomic E-state index is 0.0252. The molecule has 4 nitrogen and oxygen atoms in total. The van der Waals surface area contributed by atoms with Crippen molar-refractivity contribution in [2.45, 2.75) is 57.8 Å². The Hall–Kier alpha value is -1.16. The summed E-state index contributed by atoms with van der Waals surface area (Å²) in [5.41, 5.74) is -0.244. The second-order valence-electron chi connectivity index (χ2n) is 5.65. The molecule has 2 aliphatic rings. The second-order valence-corrected chi connectivity index (χ2v) is 5.65. The lowest BCUT2D eigenvalue weighted by atomic mass is 10.1. The molecule has 94 valence electrons.